The van der Waals surface area contributed by atoms with Gasteiger partial charge in [0.25, 0.3) is 0 Å². The fourth-order valence-corrected chi connectivity index (χ4v) is 3.48. The number of carbonyl (C=O) groups is 1. The second kappa shape index (κ2) is 7.51. The van der Waals surface area contributed by atoms with Gasteiger partial charge < -0.3 is 4.90 Å². The molecule has 2 aromatic rings. The predicted molar refractivity (Wildman–Crippen MR) is 97.5 cm³/mol. The standard InChI is InChI=1S/C20H21NOS/c1-16-7-9-19(10-8-16)23-15-20(22)21-13-11-18(12-14-21)17-5-3-2-4-6-17/h2-11H,12-15H2,1H3. The Balaban J connectivity index is 1.54. The molecule has 1 aliphatic heterocycles. The Bertz CT molecular complexity index is 691. The summed E-state index contributed by atoms with van der Waals surface area (Å²) in [6.45, 7) is 3.61. The van der Waals surface area contributed by atoms with Crippen molar-refractivity contribution in [3.63, 3.8) is 0 Å². The zero-order chi connectivity index (χ0) is 16.1. The molecule has 0 bridgehead atoms. The molecule has 118 valence electrons. The van der Waals surface area contributed by atoms with Crippen molar-refractivity contribution in [3.05, 3.63) is 71.8 Å². The molecule has 1 amide bonds. The Hall–Kier alpha value is -2.00. The highest BCUT2D eigenvalue weighted by molar-refractivity contribution is 8.00. The first-order chi connectivity index (χ1) is 11.2. The van der Waals surface area contributed by atoms with Crippen LogP contribution in [0.4, 0.5) is 0 Å². The molecule has 23 heavy (non-hydrogen) atoms. The third kappa shape index (κ3) is 4.26. The summed E-state index contributed by atoms with van der Waals surface area (Å²) in [6.07, 6.45) is 3.12. The molecule has 0 radical (unpaired) electrons. The van der Waals surface area contributed by atoms with Gasteiger partial charge in [0.15, 0.2) is 0 Å². The summed E-state index contributed by atoms with van der Waals surface area (Å²) in [7, 11) is 0. The molecule has 0 fully saturated rings. The largest absolute Gasteiger partial charge is 0.338 e. The zero-order valence-electron chi connectivity index (χ0n) is 13.4. The van der Waals surface area contributed by atoms with E-state index in [1.807, 2.05) is 11.0 Å². The Kier molecular flexibility index (Phi) is 5.19. The normalized spacial score (nSPS) is 14.5. The number of hydrogen-bond donors (Lipinski definition) is 0. The van der Waals surface area contributed by atoms with Gasteiger partial charge in [0.1, 0.15) is 0 Å². The lowest BCUT2D eigenvalue weighted by Crippen LogP contribution is -2.35. The minimum atomic E-state index is 0.221. The fourth-order valence-electron chi connectivity index (χ4n) is 2.68. The van der Waals surface area contributed by atoms with E-state index in [1.165, 1.54) is 16.7 Å². The van der Waals surface area contributed by atoms with Crippen LogP contribution in [0.15, 0.2) is 65.6 Å². The van der Waals surface area contributed by atoms with Gasteiger partial charge in [0.2, 0.25) is 5.91 Å². The van der Waals surface area contributed by atoms with Crippen LogP contribution < -0.4 is 0 Å². The lowest BCUT2D eigenvalue weighted by atomic mass is 10.00. The Morgan fingerprint density at radius 2 is 1.83 bits per heavy atom. The Labute approximate surface area is 142 Å². The van der Waals surface area contributed by atoms with Crippen molar-refractivity contribution < 1.29 is 4.79 Å². The average Bonchev–Trinajstić information content (AvgIpc) is 2.62. The number of carbonyl (C=O) groups excluding carboxylic acids is 1. The maximum Gasteiger partial charge on any atom is 0.233 e. The minimum absolute atomic E-state index is 0.221. The second-order valence-electron chi connectivity index (χ2n) is 5.79. The fraction of sp³-hybridized carbons (Fsp3) is 0.250. The molecule has 2 aromatic carbocycles. The van der Waals surface area contributed by atoms with E-state index in [1.54, 1.807) is 11.8 Å². The van der Waals surface area contributed by atoms with Gasteiger partial charge >= 0.3 is 0 Å². The molecule has 1 aliphatic rings. The second-order valence-corrected chi connectivity index (χ2v) is 6.84. The van der Waals surface area contributed by atoms with Gasteiger partial charge in [-0.3, -0.25) is 4.79 Å². The summed E-state index contributed by atoms with van der Waals surface area (Å²) in [4.78, 5) is 15.5. The number of hydrogen-bond acceptors (Lipinski definition) is 2. The van der Waals surface area contributed by atoms with E-state index in [-0.39, 0.29) is 5.91 Å². The summed E-state index contributed by atoms with van der Waals surface area (Å²) in [5, 5.41) is 0. The van der Waals surface area contributed by atoms with Crippen molar-refractivity contribution in [2.45, 2.75) is 18.2 Å². The summed E-state index contributed by atoms with van der Waals surface area (Å²) < 4.78 is 0. The summed E-state index contributed by atoms with van der Waals surface area (Å²) >= 11 is 1.62. The maximum atomic E-state index is 12.4. The van der Waals surface area contributed by atoms with Crippen LogP contribution in [0.5, 0.6) is 0 Å². The molecular weight excluding hydrogens is 302 g/mol. The number of thioether (sulfide) groups is 1. The highest BCUT2D eigenvalue weighted by Gasteiger charge is 2.17. The zero-order valence-corrected chi connectivity index (χ0v) is 14.2. The summed E-state index contributed by atoms with van der Waals surface area (Å²) in [5.74, 6) is 0.733. The predicted octanol–water partition coefficient (Wildman–Crippen LogP) is 4.40. The van der Waals surface area contributed by atoms with Crippen LogP contribution in [-0.2, 0) is 4.79 Å². The lowest BCUT2D eigenvalue weighted by Gasteiger charge is -2.26. The first kappa shape index (κ1) is 15.9. The van der Waals surface area contributed by atoms with E-state index in [0.29, 0.717) is 5.75 Å². The Morgan fingerprint density at radius 3 is 2.48 bits per heavy atom. The molecule has 0 N–H and O–H groups in total. The highest BCUT2D eigenvalue weighted by Crippen LogP contribution is 2.23. The highest BCUT2D eigenvalue weighted by atomic mass is 32.2. The van der Waals surface area contributed by atoms with Gasteiger partial charge in [0, 0.05) is 18.0 Å². The van der Waals surface area contributed by atoms with Gasteiger partial charge in [-0.15, -0.1) is 11.8 Å². The first-order valence-corrected chi connectivity index (χ1v) is 8.92. The molecule has 0 aliphatic carbocycles. The van der Waals surface area contributed by atoms with Crippen LogP contribution in [0.2, 0.25) is 0 Å². The third-order valence-corrected chi connectivity index (χ3v) is 5.09. The van der Waals surface area contributed by atoms with Crippen molar-refractivity contribution >= 4 is 23.2 Å². The quantitative estimate of drug-likeness (QED) is 0.777. The molecule has 0 atom stereocenters. The smallest absolute Gasteiger partial charge is 0.233 e. The van der Waals surface area contributed by atoms with E-state index in [0.717, 1.165) is 24.4 Å². The molecule has 2 nitrogen and oxygen atoms in total. The van der Waals surface area contributed by atoms with E-state index < -0.39 is 0 Å². The van der Waals surface area contributed by atoms with E-state index >= 15 is 0 Å². The van der Waals surface area contributed by atoms with Crippen LogP contribution in [0.3, 0.4) is 0 Å². The number of aryl methyl sites for hydroxylation is 1. The molecule has 3 heteroatoms. The monoisotopic (exact) mass is 323 g/mol. The van der Waals surface area contributed by atoms with E-state index in [9.17, 15) is 4.79 Å². The average molecular weight is 323 g/mol. The van der Waals surface area contributed by atoms with Crippen LogP contribution >= 0.6 is 11.8 Å². The SMILES string of the molecule is Cc1ccc(SCC(=O)N2CC=C(c3ccccc3)CC2)cc1. The van der Waals surface area contributed by atoms with Crippen molar-refractivity contribution in [3.8, 4) is 0 Å². The van der Waals surface area contributed by atoms with E-state index in [4.69, 9.17) is 0 Å². The molecular formula is C20H21NOS. The third-order valence-electron chi connectivity index (χ3n) is 4.09. The van der Waals surface area contributed by atoms with Crippen LogP contribution in [0, 0.1) is 6.92 Å². The minimum Gasteiger partial charge on any atom is -0.338 e. The first-order valence-electron chi connectivity index (χ1n) is 7.94. The van der Waals surface area contributed by atoms with Crippen molar-refractivity contribution in [1.82, 2.24) is 4.90 Å². The van der Waals surface area contributed by atoms with Gasteiger partial charge in [0.05, 0.1) is 5.75 Å². The van der Waals surface area contributed by atoms with Crippen LogP contribution in [0.1, 0.15) is 17.5 Å². The van der Waals surface area contributed by atoms with Gasteiger partial charge in [-0.25, -0.2) is 0 Å². The van der Waals surface area contributed by atoms with Crippen molar-refractivity contribution in [2.75, 3.05) is 18.8 Å². The molecule has 0 saturated carbocycles. The molecule has 3 rings (SSSR count). The molecule has 1 heterocycles. The molecule has 0 spiro atoms. The number of amides is 1. The maximum absolute atomic E-state index is 12.4. The Morgan fingerprint density at radius 1 is 1.09 bits per heavy atom. The number of nitrogens with zero attached hydrogens (tertiary/aromatic N) is 1. The topological polar surface area (TPSA) is 20.3 Å². The lowest BCUT2D eigenvalue weighted by molar-refractivity contribution is -0.127. The molecule has 0 aromatic heterocycles. The van der Waals surface area contributed by atoms with Gasteiger partial charge in [-0.05, 0) is 36.6 Å². The number of benzene rings is 2. The van der Waals surface area contributed by atoms with Gasteiger partial charge in [-0.2, -0.15) is 0 Å². The summed E-state index contributed by atoms with van der Waals surface area (Å²) in [6, 6.07) is 18.8. The van der Waals surface area contributed by atoms with Crippen molar-refractivity contribution in [1.29, 1.82) is 0 Å². The molecule has 0 unspecified atom stereocenters. The van der Waals surface area contributed by atoms with Gasteiger partial charge in [-0.1, -0.05) is 54.1 Å². The van der Waals surface area contributed by atoms with Crippen molar-refractivity contribution in [2.24, 2.45) is 0 Å². The van der Waals surface area contributed by atoms with E-state index in [2.05, 4.69) is 61.5 Å². The van der Waals surface area contributed by atoms with Crippen LogP contribution in [-0.4, -0.2) is 29.6 Å². The summed E-state index contributed by atoms with van der Waals surface area (Å²) in [5.41, 5.74) is 3.87. The number of rotatable bonds is 4. The van der Waals surface area contributed by atoms with Crippen LogP contribution in [0.25, 0.3) is 5.57 Å². The molecule has 0 saturated heterocycles.